The quantitative estimate of drug-likeness (QED) is 0.653. The maximum Gasteiger partial charge on any atom is 0.290 e. The molecule has 0 unspecified atom stereocenters. The zero-order chi connectivity index (χ0) is 20.5. The second-order valence-corrected chi connectivity index (χ2v) is 7.71. The van der Waals surface area contributed by atoms with Gasteiger partial charge in [-0.25, -0.2) is 0 Å². The van der Waals surface area contributed by atoms with Crippen molar-refractivity contribution in [2.24, 2.45) is 0 Å². The van der Waals surface area contributed by atoms with E-state index in [0.29, 0.717) is 31.8 Å². The standard InChI is InChI=1S/C23H23N3O4/c27-21-14-17-4-1-2-6-20(17)26(21)15-18-7-13-30-22(18)23(28)25-10-8-24(9-11-25)16-19-5-3-12-29-19/h1-7,12-13H,8-11,14-16H2. The van der Waals surface area contributed by atoms with E-state index in [1.807, 2.05) is 41.3 Å². The summed E-state index contributed by atoms with van der Waals surface area (Å²) in [5, 5.41) is 0. The number of hydrogen-bond donors (Lipinski definition) is 0. The Morgan fingerprint density at radius 2 is 1.73 bits per heavy atom. The Morgan fingerprint density at radius 3 is 2.53 bits per heavy atom. The Balaban J connectivity index is 1.25. The van der Waals surface area contributed by atoms with Gasteiger partial charge >= 0.3 is 0 Å². The molecule has 2 aliphatic heterocycles. The Morgan fingerprint density at radius 1 is 0.900 bits per heavy atom. The first kappa shape index (κ1) is 18.7. The molecule has 30 heavy (non-hydrogen) atoms. The number of hydrogen-bond acceptors (Lipinski definition) is 5. The molecular weight excluding hydrogens is 382 g/mol. The molecule has 0 atom stereocenters. The van der Waals surface area contributed by atoms with Gasteiger partial charge in [0.25, 0.3) is 5.91 Å². The number of amides is 2. The van der Waals surface area contributed by atoms with Crippen molar-refractivity contribution >= 4 is 17.5 Å². The highest BCUT2D eigenvalue weighted by atomic mass is 16.3. The van der Waals surface area contributed by atoms with Crippen LogP contribution in [0, 0.1) is 0 Å². The first-order chi connectivity index (χ1) is 14.7. The number of carbonyl (C=O) groups excluding carboxylic acids is 2. The van der Waals surface area contributed by atoms with E-state index in [2.05, 4.69) is 4.90 Å². The highest BCUT2D eigenvalue weighted by molar-refractivity contribution is 6.01. The summed E-state index contributed by atoms with van der Waals surface area (Å²) >= 11 is 0. The van der Waals surface area contributed by atoms with Crippen LogP contribution in [0.4, 0.5) is 5.69 Å². The fourth-order valence-electron chi connectivity index (χ4n) is 4.18. The number of furan rings is 2. The van der Waals surface area contributed by atoms with E-state index in [4.69, 9.17) is 8.83 Å². The number of benzene rings is 1. The van der Waals surface area contributed by atoms with Crippen molar-refractivity contribution in [3.8, 4) is 0 Å². The van der Waals surface area contributed by atoms with Gasteiger partial charge in [0.2, 0.25) is 5.91 Å². The van der Waals surface area contributed by atoms with Gasteiger partial charge in [0.05, 0.1) is 32.0 Å². The third kappa shape index (κ3) is 3.52. The van der Waals surface area contributed by atoms with Gasteiger partial charge in [-0.15, -0.1) is 0 Å². The van der Waals surface area contributed by atoms with Crippen molar-refractivity contribution in [1.82, 2.24) is 9.80 Å². The van der Waals surface area contributed by atoms with E-state index in [-0.39, 0.29) is 11.8 Å². The lowest BCUT2D eigenvalue weighted by atomic mass is 10.1. The van der Waals surface area contributed by atoms with Crippen LogP contribution in [0.15, 0.2) is 63.8 Å². The minimum Gasteiger partial charge on any atom is -0.468 e. The van der Waals surface area contributed by atoms with Gasteiger partial charge in [0.1, 0.15) is 5.76 Å². The van der Waals surface area contributed by atoms with Gasteiger partial charge in [0, 0.05) is 37.4 Å². The summed E-state index contributed by atoms with van der Waals surface area (Å²) in [6.07, 6.45) is 3.61. The largest absolute Gasteiger partial charge is 0.468 e. The summed E-state index contributed by atoms with van der Waals surface area (Å²) < 4.78 is 11.0. The van der Waals surface area contributed by atoms with Crippen LogP contribution in [0.25, 0.3) is 0 Å². The number of nitrogens with zero attached hydrogens (tertiary/aromatic N) is 3. The fourth-order valence-corrected chi connectivity index (χ4v) is 4.18. The molecule has 0 saturated carbocycles. The number of carbonyl (C=O) groups is 2. The van der Waals surface area contributed by atoms with Gasteiger partial charge in [-0.1, -0.05) is 18.2 Å². The van der Waals surface area contributed by atoms with E-state index in [9.17, 15) is 9.59 Å². The SMILES string of the molecule is O=C(c1occc1CN1C(=O)Cc2ccccc21)N1CCN(Cc2ccco2)CC1. The summed E-state index contributed by atoms with van der Waals surface area (Å²) in [4.78, 5) is 31.4. The molecule has 0 spiro atoms. The normalized spacial score (nSPS) is 16.9. The number of piperazine rings is 1. The van der Waals surface area contributed by atoms with Gasteiger partial charge in [-0.2, -0.15) is 0 Å². The number of rotatable bonds is 5. The lowest BCUT2D eigenvalue weighted by Crippen LogP contribution is -2.48. The van der Waals surface area contributed by atoms with Crippen LogP contribution in [0.1, 0.15) is 27.4 Å². The first-order valence-electron chi connectivity index (χ1n) is 10.2. The second kappa shape index (κ2) is 7.84. The molecule has 2 aliphatic rings. The zero-order valence-electron chi connectivity index (χ0n) is 16.6. The summed E-state index contributed by atoms with van der Waals surface area (Å²) in [7, 11) is 0. The molecule has 3 aromatic rings. The van der Waals surface area contributed by atoms with E-state index >= 15 is 0 Å². The fraction of sp³-hybridized carbons (Fsp3) is 0.304. The van der Waals surface area contributed by atoms with E-state index in [0.717, 1.165) is 42.2 Å². The summed E-state index contributed by atoms with van der Waals surface area (Å²) in [6, 6.07) is 13.4. The molecular formula is C23H23N3O4. The third-order valence-corrected chi connectivity index (χ3v) is 5.81. The predicted octanol–water partition coefficient (Wildman–Crippen LogP) is 2.92. The minimum atomic E-state index is -0.118. The van der Waals surface area contributed by atoms with Crippen LogP contribution in [0.5, 0.6) is 0 Å². The number of fused-ring (bicyclic) bond motifs is 1. The highest BCUT2D eigenvalue weighted by Gasteiger charge is 2.31. The van der Waals surface area contributed by atoms with Gasteiger partial charge < -0.3 is 18.6 Å². The number of para-hydroxylation sites is 1. The molecule has 154 valence electrons. The van der Waals surface area contributed by atoms with Gasteiger partial charge in [0.15, 0.2) is 5.76 Å². The Kier molecular flexibility index (Phi) is 4.88. The van der Waals surface area contributed by atoms with Crippen LogP contribution in [-0.4, -0.2) is 47.8 Å². The monoisotopic (exact) mass is 405 g/mol. The van der Waals surface area contributed by atoms with Crippen molar-refractivity contribution in [3.05, 3.63) is 77.6 Å². The molecule has 1 saturated heterocycles. The van der Waals surface area contributed by atoms with Crippen molar-refractivity contribution in [2.75, 3.05) is 31.1 Å². The third-order valence-electron chi connectivity index (χ3n) is 5.81. The molecule has 0 N–H and O–H groups in total. The summed E-state index contributed by atoms with van der Waals surface area (Å²) in [6.45, 7) is 3.90. The average molecular weight is 405 g/mol. The molecule has 5 rings (SSSR count). The summed E-state index contributed by atoms with van der Waals surface area (Å²) in [5.41, 5.74) is 2.67. The summed E-state index contributed by atoms with van der Waals surface area (Å²) in [5.74, 6) is 1.18. The van der Waals surface area contributed by atoms with Crippen LogP contribution in [-0.2, 0) is 24.3 Å². The van der Waals surface area contributed by atoms with Crippen LogP contribution >= 0.6 is 0 Å². The molecule has 1 aromatic carbocycles. The van der Waals surface area contributed by atoms with Crippen molar-refractivity contribution in [1.29, 1.82) is 0 Å². The number of anilines is 1. The first-order valence-corrected chi connectivity index (χ1v) is 10.2. The topological polar surface area (TPSA) is 70.1 Å². The molecule has 2 aromatic heterocycles. The van der Waals surface area contributed by atoms with E-state index in [1.165, 1.54) is 6.26 Å². The molecule has 0 bridgehead atoms. The Labute approximate surface area is 174 Å². The molecule has 1 fully saturated rings. The van der Waals surface area contributed by atoms with Crippen molar-refractivity contribution < 1.29 is 18.4 Å². The van der Waals surface area contributed by atoms with Crippen LogP contribution < -0.4 is 4.90 Å². The van der Waals surface area contributed by atoms with Gasteiger partial charge in [-0.3, -0.25) is 14.5 Å². The molecule has 4 heterocycles. The minimum absolute atomic E-state index is 0.0438. The predicted molar refractivity (Wildman–Crippen MR) is 110 cm³/mol. The molecule has 7 nitrogen and oxygen atoms in total. The maximum absolute atomic E-state index is 13.1. The molecule has 7 heteroatoms. The smallest absolute Gasteiger partial charge is 0.290 e. The maximum atomic E-state index is 13.1. The van der Waals surface area contributed by atoms with Crippen LogP contribution in [0.3, 0.4) is 0 Å². The van der Waals surface area contributed by atoms with Gasteiger partial charge in [-0.05, 0) is 29.8 Å². The van der Waals surface area contributed by atoms with E-state index < -0.39 is 0 Å². The molecule has 0 aliphatic carbocycles. The lowest BCUT2D eigenvalue weighted by molar-refractivity contribution is -0.117. The molecule has 0 radical (unpaired) electrons. The van der Waals surface area contributed by atoms with Crippen molar-refractivity contribution in [2.45, 2.75) is 19.5 Å². The lowest BCUT2D eigenvalue weighted by Gasteiger charge is -2.34. The van der Waals surface area contributed by atoms with E-state index in [1.54, 1.807) is 17.2 Å². The average Bonchev–Trinajstić information content (AvgIpc) is 3.50. The highest BCUT2D eigenvalue weighted by Crippen LogP contribution is 2.31. The Bertz CT molecular complexity index is 1050. The zero-order valence-corrected chi connectivity index (χ0v) is 16.6. The van der Waals surface area contributed by atoms with Crippen molar-refractivity contribution in [3.63, 3.8) is 0 Å². The second-order valence-electron chi connectivity index (χ2n) is 7.71. The van der Waals surface area contributed by atoms with Crippen LogP contribution in [0.2, 0.25) is 0 Å². The Hall–Kier alpha value is -3.32. The molecule has 2 amide bonds.